The molecule has 22 heavy (non-hydrogen) atoms. The molecule has 3 N–H and O–H groups in total. The maximum absolute atomic E-state index is 11.5. The fourth-order valence-electron chi connectivity index (χ4n) is 1.69. The van der Waals surface area contributed by atoms with Crippen molar-refractivity contribution < 1.29 is 18.7 Å². The number of rotatable bonds is 10. The number of carbonyl (C=O) groups is 2. The summed E-state index contributed by atoms with van der Waals surface area (Å²) in [6, 6.07) is 3.50. The van der Waals surface area contributed by atoms with Gasteiger partial charge in [0.15, 0.2) is 0 Å². The SMILES string of the molecule is CC(C)NC(=O)CCNC(=O)NCCCOCc1ccco1. The molecule has 0 aromatic carbocycles. The van der Waals surface area contributed by atoms with Crippen LogP contribution in [0.1, 0.15) is 32.4 Å². The summed E-state index contributed by atoms with van der Waals surface area (Å²) < 4.78 is 10.5. The zero-order valence-corrected chi connectivity index (χ0v) is 13.2. The molecule has 1 aromatic heterocycles. The summed E-state index contributed by atoms with van der Waals surface area (Å²) in [5, 5.41) is 8.10. The minimum atomic E-state index is -0.275. The van der Waals surface area contributed by atoms with Gasteiger partial charge in [-0.2, -0.15) is 0 Å². The smallest absolute Gasteiger partial charge is 0.314 e. The van der Waals surface area contributed by atoms with Crippen LogP contribution >= 0.6 is 0 Å². The molecule has 0 fully saturated rings. The van der Waals surface area contributed by atoms with Gasteiger partial charge in [0, 0.05) is 32.2 Å². The molecule has 0 saturated heterocycles. The van der Waals surface area contributed by atoms with Crippen molar-refractivity contribution in [3.63, 3.8) is 0 Å². The zero-order valence-electron chi connectivity index (χ0n) is 13.2. The van der Waals surface area contributed by atoms with Crippen molar-refractivity contribution in [3.05, 3.63) is 24.2 Å². The first-order valence-corrected chi connectivity index (χ1v) is 7.49. The zero-order chi connectivity index (χ0) is 16.2. The maximum atomic E-state index is 11.5. The lowest BCUT2D eigenvalue weighted by Gasteiger charge is -2.09. The Morgan fingerprint density at radius 3 is 2.73 bits per heavy atom. The second-order valence-electron chi connectivity index (χ2n) is 5.14. The van der Waals surface area contributed by atoms with Crippen LogP contribution in [-0.2, 0) is 16.1 Å². The van der Waals surface area contributed by atoms with Crippen LogP contribution in [0.2, 0.25) is 0 Å². The summed E-state index contributed by atoms with van der Waals surface area (Å²) in [7, 11) is 0. The van der Waals surface area contributed by atoms with Gasteiger partial charge in [0.25, 0.3) is 0 Å². The van der Waals surface area contributed by atoms with Crippen LogP contribution in [0.15, 0.2) is 22.8 Å². The van der Waals surface area contributed by atoms with Crippen molar-refractivity contribution in [2.24, 2.45) is 0 Å². The molecule has 7 heteroatoms. The highest BCUT2D eigenvalue weighted by molar-refractivity contribution is 5.78. The summed E-state index contributed by atoms with van der Waals surface area (Å²) in [5.41, 5.74) is 0. The van der Waals surface area contributed by atoms with Gasteiger partial charge >= 0.3 is 6.03 Å². The minimum absolute atomic E-state index is 0.0679. The first kappa shape index (κ1) is 18.0. The largest absolute Gasteiger partial charge is 0.467 e. The Morgan fingerprint density at radius 1 is 1.27 bits per heavy atom. The van der Waals surface area contributed by atoms with Crippen molar-refractivity contribution in [1.29, 1.82) is 0 Å². The van der Waals surface area contributed by atoms with Gasteiger partial charge in [0.1, 0.15) is 12.4 Å². The quantitative estimate of drug-likeness (QED) is 0.569. The van der Waals surface area contributed by atoms with Crippen LogP contribution < -0.4 is 16.0 Å². The number of furan rings is 1. The Morgan fingerprint density at radius 2 is 2.05 bits per heavy atom. The van der Waals surface area contributed by atoms with Crippen molar-refractivity contribution in [3.8, 4) is 0 Å². The Kier molecular flexibility index (Phi) is 8.74. The predicted molar refractivity (Wildman–Crippen MR) is 82.3 cm³/mol. The van der Waals surface area contributed by atoms with E-state index in [1.165, 1.54) is 0 Å². The van der Waals surface area contributed by atoms with E-state index in [1.807, 2.05) is 26.0 Å². The molecule has 1 heterocycles. The Hall–Kier alpha value is -2.02. The van der Waals surface area contributed by atoms with Crippen LogP contribution in [-0.4, -0.2) is 37.7 Å². The molecule has 7 nitrogen and oxygen atoms in total. The second-order valence-corrected chi connectivity index (χ2v) is 5.14. The third-order valence-corrected chi connectivity index (χ3v) is 2.66. The molecule has 0 aliphatic heterocycles. The van der Waals surface area contributed by atoms with Gasteiger partial charge in [0.2, 0.25) is 5.91 Å². The van der Waals surface area contributed by atoms with E-state index in [1.54, 1.807) is 6.26 Å². The highest BCUT2D eigenvalue weighted by Gasteiger charge is 2.04. The molecule has 3 amide bonds. The molecule has 1 aromatic rings. The number of carbonyl (C=O) groups excluding carboxylic acids is 2. The third kappa shape index (κ3) is 9.02. The number of nitrogens with one attached hydrogen (secondary N) is 3. The molecular weight excluding hydrogens is 286 g/mol. The standard InChI is InChI=1S/C15H25N3O4/c1-12(2)18-14(19)6-8-17-15(20)16-7-4-9-21-11-13-5-3-10-22-13/h3,5,10,12H,4,6-9,11H2,1-2H3,(H,18,19)(H2,16,17,20). The van der Waals surface area contributed by atoms with Crippen LogP contribution in [0.3, 0.4) is 0 Å². The first-order chi connectivity index (χ1) is 10.6. The molecule has 0 aliphatic carbocycles. The Labute approximate surface area is 130 Å². The van der Waals surface area contributed by atoms with Crippen LogP contribution in [0.5, 0.6) is 0 Å². The molecule has 1 rings (SSSR count). The van der Waals surface area contributed by atoms with E-state index in [0.29, 0.717) is 32.7 Å². The number of amides is 3. The fourth-order valence-corrected chi connectivity index (χ4v) is 1.69. The first-order valence-electron chi connectivity index (χ1n) is 7.49. The average molecular weight is 311 g/mol. The number of ether oxygens (including phenoxy) is 1. The molecule has 0 radical (unpaired) electrons. The normalized spacial score (nSPS) is 10.5. The summed E-state index contributed by atoms with van der Waals surface area (Å²) in [4.78, 5) is 22.8. The van der Waals surface area contributed by atoms with E-state index in [0.717, 1.165) is 5.76 Å². The van der Waals surface area contributed by atoms with Crippen molar-refractivity contribution in [1.82, 2.24) is 16.0 Å². The number of hydrogen-bond acceptors (Lipinski definition) is 4. The van der Waals surface area contributed by atoms with E-state index in [9.17, 15) is 9.59 Å². The van der Waals surface area contributed by atoms with Gasteiger partial charge < -0.3 is 25.1 Å². The van der Waals surface area contributed by atoms with Crippen molar-refractivity contribution >= 4 is 11.9 Å². The van der Waals surface area contributed by atoms with Crippen LogP contribution in [0.25, 0.3) is 0 Å². The molecule has 0 aliphatic rings. The number of hydrogen-bond donors (Lipinski definition) is 3. The van der Waals surface area contributed by atoms with Crippen LogP contribution in [0.4, 0.5) is 4.79 Å². The molecule has 0 atom stereocenters. The van der Waals surface area contributed by atoms with Gasteiger partial charge in [-0.05, 0) is 32.4 Å². The van der Waals surface area contributed by atoms with Crippen LogP contribution in [0, 0.1) is 0 Å². The fraction of sp³-hybridized carbons (Fsp3) is 0.600. The highest BCUT2D eigenvalue weighted by atomic mass is 16.5. The summed E-state index contributed by atoms with van der Waals surface area (Å²) in [5.74, 6) is 0.715. The van der Waals surface area contributed by atoms with E-state index >= 15 is 0 Å². The van der Waals surface area contributed by atoms with E-state index in [-0.39, 0.29) is 24.4 Å². The summed E-state index contributed by atoms with van der Waals surface area (Å²) in [6.07, 6.45) is 2.59. The average Bonchev–Trinajstić information content (AvgIpc) is 2.95. The lowest BCUT2D eigenvalue weighted by atomic mass is 10.3. The minimum Gasteiger partial charge on any atom is -0.467 e. The Bertz CT molecular complexity index is 432. The van der Waals surface area contributed by atoms with E-state index in [2.05, 4.69) is 16.0 Å². The summed E-state index contributed by atoms with van der Waals surface area (Å²) in [6.45, 7) is 5.60. The topological polar surface area (TPSA) is 92.6 Å². The monoisotopic (exact) mass is 311 g/mol. The lowest BCUT2D eigenvalue weighted by Crippen LogP contribution is -2.39. The van der Waals surface area contributed by atoms with Gasteiger partial charge in [0.05, 0.1) is 6.26 Å². The van der Waals surface area contributed by atoms with Gasteiger partial charge in [-0.15, -0.1) is 0 Å². The molecule has 0 unspecified atom stereocenters. The predicted octanol–water partition coefficient (Wildman–Crippen LogP) is 1.40. The van der Waals surface area contributed by atoms with E-state index in [4.69, 9.17) is 9.15 Å². The van der Waals surface area contributed by atoms with Gasteiger partial charge in [-0.25, -0.2) is 4.79 Å². The summed E-state index contributed by atoms with van der Waals surface area (Å²) >= 11 is 0. The maximum Gasteiger partial charge on any atom is 0.314 e. The molecule has 124 valence electrons. The highest BCUT2D eigenvalue weighted by Crippen LogP contribution is 2.01. The second kappa shape index (κ2) is 10.7. The van der Waals surface area contributed by atoms with E-state index < -0.39 is 0 Å². The number of urea groups is 1. The molecule has 0 saturated carbocycles. The molecule has 0 spiro atoms. The Balaban J connectivity index is 1.91. The van der Waals surface area contributed by atoms with Gasteiger partial charge in [-0.3, -0.25) is 4.79 Å². The van der Waals surface area contributed by atoms with Crippen molar-refractivity contribution in [2.75, 3.05) is 19.7 Å². The third-order valence-electron chi connectivity index (χ3n) is 2.66. The van der Waals surface area contributed by atoms with Gasteiger partial charge in [-0.1, -0.05) is 0 Å². The van der Waals surface area contributed by atoms with Crippen molar-refractivity contribution in [2.45, 2.75) is 39.3 Å². The molecular formula is C15H25N3O4. The molecule has 0 bridgehead atoms. The lowest BCUT2D eigenvalue weighted by molar-refractivity contribution is -0.121.